The third kappa shape index (κ3) is 3.45. The smallest absolute Gasteiger partial charge is 0.333 e. The lowest BCUT2D eigenvalue weighted by Crippen LogP contribution is -2.60. The van der Waals surface area contributed by atoms with E-state index in [9.17, 15) is 9.59 Å². The molecule has 176 valence electrons. The van der Waals surface area contributed by atoms with Crippen LogP contribution in [0.3, 0.4) is 0 Å². The van der Waals surface area contributed by atoms with Crippen molar-refractivity contribution in [2.24, 2.45) is 40.9 Å². The summed E-state index contributed by atoms with van der Waals surface area (Å²) in [7, 11) is 0. The highest BCUT2D eigenvalue weighted by atomic mass is 16.7. The Labute approximate surface area is 191 Å². The summed E-state index contributed by atoms with van der Waals surface area (Å²) in [5.74, 6) is 3.52. The molecule has 0 aromatic carbocycles. The minimum Gasteiger partial charge on any atom is -0.456 e. The van der Waals surface area contributed by atoms with Crippen molar-refractivity contribution in [3.05, 3.63) is 12.2 Å². The zero-order valence-corrected chi connectivity index (χ0v) is 19.6. The molecule has 0 aromatic heterocycles. The Bertz CT molecular complexity index is 788. The lowest BCUT2D eigenvalue weighted by molar-refractivity contribution is -0.241. The summed E-state index contributed by atoms with van der Waals surface area (Å²) in [4.78, 5) is 25.9. The van der Waals surface area contributed by atoms with E-state index < -0.39 is 17.3 Å². The monoisotopic (exact) mass is 442 g/mol. The second kappa shape index (κ2) is 7.32. The molecule has 0 aromatic rings. The fourth-order valence-electron chi connectivity index (χ4n) is 9.44. The second-order valence-corrected chi connectivity index (χ2v) is 12.6. The lowest BCUT2D eigenvalue weighted by atomic mass is 9.48. The molecule has 0 aliphatic heterocycles. The van der Waals surface area contributed by atoms with Gasteiger partial charge in [-0.15, -0.1) is 0 Å². The number of ether oxygens (including phenoxy) is 3. The summed E-state index contributed by atoms with van der Waals surface area (Å²) in [6.45, 7) is 7.34. The lowest BCUT2D eigenvalue weighted by Gasteiger charge is -2.60. The number of hydrogen-bond acceptors (Lipinski definition) is 5. The maximum absolute atomic E-state index is 13.6. The van der Waals surface area contributed by atoms with E-state index in [1.807, 2.05) is 6.92 Å². The molecule has 0 heterocycles. The summed E-state index contributed by atoms with van der Waals surface area (Å²) in [5, 5.41) is 0. The van der Waals surface area contributed by atoms with Gasteiger partial charge in [0.05, 0.1) is 11.5 Å². The quantitative estimate of drug-likeness (QED) is 0.322. The van der Waals surface area contributed by atoms with E-state index in [2.05, 4.69) is 6.58 Å². The molecule has 8 saturated carbocycles. The van der Waals surface area contributed by atoms with Crippen molar-refractivity contribution >= 4 is 11.9 Å². The average molecular weight is 443 g/mol. The molecule has 3 unspecified atom stereocenters. The van der Waals surface area contributed by atoms with Gasteiger partial charge in [0.15, 0.2) is 6.29 Å². The molecule has 8 fully saturated rings. The summed E-state index contributed by atoms with van der Waals surface area (Å²) >= 11 is 0. The van der Waals surface area contributed by atoms with Crippen LogP contribution in [-0.2, 0) is 23.8 Å². The predicted octanol–water partition coefficient (Wildman–Crippen LogP) is 5.18. The van der Waals surface area contributed by atoms with Crippen LogP contribution in [0.2, 0.25) is 0 Å². The Hall–Kier alpha value is -1.36. The minimum atomic E-state index is -0.527. The first-order valence-electron chi connectivity index (χ1n) is 13.0. The molecule has 8 bridgehead atoms. The van der Waals surface area contributed by atoms with Gasteiger partial charge in [-0.2, -0.15) is 0 Å². The Kier molecular flexibility index (Phi) is 4.85. The van der Waals surface area contributed by atoms with Crippen LogP contribution in [0.15, 0.2) is 12.2 Å². The average Bonchev–Trinajstić information content (AvgIpc) is 2.68. The predicted molar refractivity (Wildman–Crippen MR) is 118 cm³/mol. The standard InChI is InChI=1S/C27H38O5/c1-15(2)24(28)32-27-12-19-5-20(13-27)11-26(10-19,14-27)25(29)31-16(3)30-23-21-6-17-4-18(8-21)9-22(23)7-17/h16-23H,1,4-14H2,2-3H3. The fraction of sp³-hybridized carbons (Fsp3) is 0.852. The van der Waals surface area contributed by atoms with E-state index in [1.54, 1.807) is 6.92 Å². The first-order valence-corrected chi connectivity index (χ1v) is 13.0. The van der Waals surface area contributed by atoms with Crippen molar-refractivity contribution in [1.29, 1.82) is 0 Å². The third-order valence-corrected chi connectivity index (χ3v) is 9.86. The molecular formula is C27H38O5. The van der Waals surface area contributed by atoms with Crippen LogP contribution in [0, 0.1) is 40.9 Å². The Morgan fingerprint density at radius 2 is 1.44 bits per heavy atom. The Balaban J connectivity index is 1.13. The molecule has 0 spiro atoms. The summed E-state index contributed by atoms with van der Waals surface area (Å²) < 4.78 is 18.5. The zero-order chi connectivity index (χ0) is 22.3. The first-order chi connectivity index (χ1) is 15.2. The number of carbonyl (C=O) groups excluding carboxylic acids is 2. The molecule has 3 atom stereocenters. The van der Waals surface area contributed by atoms with E-state index in [-0.39, 0.29) is 18.0 Å². The topological polar surface area (TPSA) is 61.8 Å². The van der Waals surface area contributed by atoms with Crippen LogP contribution >= 0.6 is 0 Å². The molecule has 8 aliphatic carbocycles. The number of esters is 2. The molecule has 5 heteroatoms. The van der Waals surface area contributed by atoms with E-state index in [0.717, 1.165) is 43.9 Å². The van der Waals surface area contributed by atoms with Crippen LogP contribution in [0.25, 0.3) is 0 Å². The van der Waals surface area contributed by atoms with Crippen LogP contribution in [0.4, 0.5) is 0 Å². The highest BCUT2D eigenvalue weighted by Crippen LogP contribution is 2.63. The number of carbonyl (C=O) groups is 2. The van der Waals surface area contributed by atoms with Gasteiger partial charge < -0.3 is 14.2 Å². The van der Waals surface area contributed by atoms with E-state index in [4.69, 9.17) is 14.2 Å². The van der Waals surface area contributed by atoms with Crippen LogP contribution in [0.5, 0.6) is 0 Å². The van der Waals surface area contributed by atoms with Gasteiger partial charge in [0.1, 0.15) is 5.60 Å². The molecule has 0 saturated heterocycles. The third-order valence-electron chi connectivity index (χ3n) is 9.86. The van der Waals surface area contributed by atoms with Crippen molar-refractivity contribution < 1.29 is 23.8 Å². The van der Waals surface area contributed by atoms with Gasteiger partial charge in [0.2, 0.25) is 0 Å². The summed E-state index contributed by atoms with van der Waals surface area (Å²) in [6, 6.07) is 0. The van der Waals surface area contributed by atoms with Crippen molar-refractivity contribution in [3.8, 4) is 0 Å². The number of hydrogen-bond donors (Lipinski definition) is 0. The van der Waals surface area contributed by atoms with Crippen LogP contribution in [-0.4, -0.2) is 29.9 Å². The van der Waals surface area contributed by atoms with Gasteiger partial charge in [0, 0.05) is 12.0 Å². The highest BCUT2D eigenvalue weighted by molar-refractivity contribution is 5.87. The van der Waals surface area contributed by atoms with Crippen LogP contribution < -0.4 is 0 Å². The molecule has 0 radical (unpaired) electrons. The van der Waals surface area contributed by atoms with Gasteiger partial charge >= 0.3 is 11.9 Å². The van der Waals surface area contributed by atoms with Crippen LogP contribution in [0.1, 0.15) is 84.5 Å². The molecule has 8 rings (SSSR count). The Morgan fingerprint density at radius 3 is 2.00 bits per heavy atom. The van der Waals surface area contributed by atoms with E-state index in [1.165, 1.54) is 32.1 Å². The van der Waals surface area contributed by atoms with Crippen molar-refractivity contribution in [1.82, 2.24) is 0 Å². The van der Waals surface area contributed by atoms with Gasteiger partial charge in [-0.05, 0) is 114 Å². The van der Waals surface area contributed by atoms with Gasteiger partial charge in [0.25, 0.3) is 0 Å². The van der Waals surface area contributed by atoms with E-state index >= 15 is 0 Å². The van der Waals surface area contributed by atoms with E-state index in [0.29, 0.717) is 35.7 Å². The fourth-order valence-corrected chi connectivity index (χ4v) is 9.44. The normalized spacial score (nSPS) is 48.5. The van der Waals surface area contributed by atoms with Gasteiger partial charge in [-0.25, -0.2) is 4.79 Å². The summed E-state index contributed by atoms with van der Waals surface area (Å²) in [6.07, 6.45) is 11.5. The molecule has 8 aliphatic rings. The number of rotatable bonds is 6. The first kappa shape index (κ1) is 21.2. The summed E-state index contributed by atoms with van der Waals surface area (Å²) in [5.41, 5.74) is -0.624. The largest absolute Gasteiger partial charge is 0.456 e. The minimum absolute atomic E-state index is 0.126. The van der Waals surface area contributed by atoms with Crippen molar-refractivity contribution in [3.63, 3.8) is 0 Å². The van der Waals surface area contributed by atoms with Gasteiger partial charge in [-0.3, -0.25) is 4.79 Å². The zero-order valence-electron chi connectivity index (χ0n) is 19.6. The molecular weight excluding hydrogens is 404 g/mol. The highest BCUT2D eigenvalue weighted by Gasteiger charge is 2.63. The Morgan fingerprint density at radius 1 is 0.875 bits per heavy atom. The molecule has 32 heavy (non-hydrogen) atoms. The second-order valence-electron chi connectivity index (χ2n) is 12.6. The van der Waals surface area contributed by atoms with Crippen molar-refractivity contribution in [2.45, 2.75) is 102 Å². The SMILES string of the molecule is C=C(C)C(=O)OC12CC3CC(C1)CC(C(=O)OC(C)OC1C4CC5CC(C4)CC1C5)(C3)C2. The maximum atomic E-state index is 13.6. The van der Waals surface area contributed by atoms with Gasteiger partial charge in [-0.1, -0.05) is 6.58 Å². The van der Waals surface area contributed by atoms with Crippen molar-refractivity contribution in [2.75, 3.05) is 0 Å². The molecule has 0 N–H and O–H groups in total. The molecule has 5 nitrogen and oxygen atoms in total. The molecule has 0 amide bonds. The maximum Gasteiger partial charge on any atom is 0.333 e.